The van der Waals surface area contributed by atoms with Gasteiger partial charge in [0, 0.05) is 31.6 Å². The van der Waals surface area contributed by atoms with Crippen molar-refractivity contribution in [2.75, 3.05) is 30.8 Å². The van der Waals surface area contributed by atoms with E-state index in [0.717, 1.165) is 31.5 Å². The number of unbranched alkanes of at least 4 members (excludes halogenated alkanes) is 2. The molecule has 0 aliphatic rings. The maximum Gasteiger partial charge on any atom is 0.238 e. The van der Waals surface area contributed by atoms with Gasteiger partial charge in [-0.2, -0.15) is 0 Å². The molecule has 0 spiro atoms. The van der Waals surface area contributed by atoms with Crippen LogP contribution in [0.4, 0.5) is 11.4 Å². The molecule has 0 amide bonds. The summed E-state index contributed by atoms with van der Waals surface area (Å²) < 4.78 is 23.1. The SMILES string of the molecule is Cc1c(N(C)CCCCCO)cc(N)cc1S(N)(=O)=O. The maximum atomic E-state index is 11.6. The maximum absolute atomic E-state index is 11.6. The van der Waals surface area contributed by atoms with E-state index in [-0.39, 0.29) is 11.5 Å². The molecule has 5 N–H and O–H groups in total. The smallest absolute Gasteiger partial charge is 0.238 e. The molecule has 0 unspecified atom stereocenters. The van der Waals surface area contributed by atoms with Crippen LogP contribution in [0.1, 0.15) is 24.8 Å². The number of hydrogen-bond acceptors (Lipinski definition) is 5. The summed E-state index contributed by atoms with van der Waals surface area (Å²) >= 11 is 0. The molecule has 0 radical (unpaired) electrons. The molecule has 0 aliphatic carbocycles. The minimum absolute atomic E-state index is 0.0645. The van der Waals surface area contributed by atoms with Crippen LogP contribution in [0.3, 0.4) is 0 Å². The number of rotatable bonds is 7. The van der Waals surface area contributed by atoms with Crippen molar-refractivity contribution in [2.45, 2.75) is 31.1 Å². The number of nitrogen functional groups attached to an aromatic ring is 1. The van der Waals surface area contributed by atoms with Crippen molar-refractivity contribution >= 4 is 21.4 Å². The zero-order chi connectivity index (χ0) is 15.3. The third-order valence-corrected chi connectivity index (χ3v) is 4.26. The number of nitrogens with two attached hydrogens (primary N) is 2. The Morgan fingerprint density at radius 2 is 1.90 bits per heavy atom. The summed E-state index contributed by atoms with van der Waals surface area (Å²) in [6, 6.07) is 3.13. The fraction of sp³-hybridized carbons (Fsp3) is 0.538. The first kappa shape index (κ1) is 16.7. The Hall–Kier alpha value is -1.31. The van der Waals surface area contributed by atoms with Gasteiger partial charge in [-0.1, -0.05) is 0 Å². The van der Waals surface area contributed by atoms with E-state index in [1.54, 1.807) is 13.0 Å². The largest absolute Gasteiger partial charge is 0.399 e. The van der Waals surface area contributed by atoms with Gasteiger partial charge in [0.25, 0.3) is 0 Å². The van der Waals surface area contributed by atoms with E-state index < -0.39 is 10.0 Å². The highest BCUT2D eigenvalue weighted by Gasteiger charge is 2.17. The van der Waals surface area contributed by atoms with Crippen molar-refractivity contribution in [1.29, 1.82) is 0 Å². The molecule has 0 atom stereocenters. The van der Waals surface area contributed by atoms with Gasteiger partial charge >= 0.3 is 0 Å². The molecule has 0 fully saturated rings. The van der Waals surface area contributed by atoms with Crippen LogP contribution in [0.2, 0.25) is 0 Å². The van der Waals surface area contributed by atoms with Crippen LogP contribution in [0.25, 0.3) is 0 Å². The number of hydrogen-bond donors (Lipinski definition) is 3. The Morgan fingerprint density at radius 3 is 2.45 bits per heavy atom. The quantitative estimate of drug-likeness (QED) is 0.510. The molecule has 0 saturated carbocycles. The fourth-order valence-electron chi connectivity index (χ4n) is 2.14. The van der Waals surface area contributed by atoms with Gasteiger partial charge in [0.05, 0.1) is 4.90 Å². The summed E-state index contributed by atoms with van der Waals surface area (Å²) in [5.41, 5.74) is 7.50. The van der Waals surface area contributed by atoms with Crippen molar-refractivity contribution in [1.82, 2.24) is 0 Å². The lowest BCUT2D eigenvalue weighted by molar-refractivity contribution is 0.283. The minimum atomic E-state index is -3.78. The van der Waals surface area contributed by atoms with Gasteiger partial charge in [-0.05, 0) is 43.9 Å². The van der Waals surface area contributed by atoms with Crippen molar-refractivity contribution in [3.05, 3.63) is 17.7 Å². The predicted molar refractivity (Wildman–Crippen MR) is 81.2 cm³/mol. The number of aliphatic hydroxyl groups excluding tert-OH is 1. The predicted octanol–water partition coefficient (Wildman–Crippen LogP) is 0.823. The van der Waals surface area contributed by atoms with E-state index in [1.165, 1.54) is 6.07 Å². The molecular weight excluding hydrogens is 278 g/mol. The van der Waals surface area contributed by atoms with E-state index in [2.05, 4.69) is 0 Å². The number of primary sulfonamides is 1. The zero-order valence-electron chi connectivity index (χ0n) is 12.0. The van der Waals surface area contributed by atoms with Crippen LogP contribution in [0.5, 0.6) is 0 Å². The average molecular weight is 301 g/mol. The highest BCUT2D eigenvalue weighted by atomic mass is 32.2. The van der Waals surface area contributed by atoms with Crippen LogP contribution in [-0.2, 0) is 10.0 Å². The van der Waals surface area contributed by atoms with Gasteiger partial charge < -0.3 is 15.7 Å². The van der Waals surface area contributed by atoms with Crippen LogP contribution in [0, 0.1) is 6.92 Å². The first-order chi connectivity index (χ1) is 9.27. The second-order valence-corrected chi connectivity index (χ2v) is 6.44. The van der Waals surface area contributed by atoms with Gasteiger partial charge in [0.2, 0.25) is 10.0 Å². The molecule has 1 aromatic carbocycles. The van der Waals surface area contributed by atoms with Gasteiger partial charge in [-0.3, -0.25) is 0 Å². The Kier molecular flexibility index (Phi) is 5.79. The second kappa shape index (κ2) is 6.92. The summed E-state index contributed by atoms with van der Waals surface area (Å²) in [5, 5.41) is 13.9. The van der Waals surface area contributed by atoms with Gasteiger partial charge in [-0.15, -0.1) is 0 Å². The lowest BCUT2D eigenvalue weighted by Crippen LogP contribution is -2.22. The monoisotopic (exact) mass is 301 g/mol. The fourth-order valence-corrected chi connectivity index (χ4v) is 2.98. The molecule has 20 heavy (non-hydrogen) atoms. The van der Waals surface area contributed by atoms with Crippen LogP contribution >= 0.6 is 0 Å². The summed E-state index contributed by atoms with van der Waals surface area (Å²) in [6.07, 6.45) is 2.60. The van der Waals surface area contributed by atoms with Crippen molar-refractivity contribution in [3.63, 3.8) is 0 Å². The van der Waals surface area contributed by atoms with Crippen molar-refractivity contribution in [3.8, 4) is 0 Å². The van der Waals surface area contributed by atoms with Crippen LogP contribution in [-0.4, -0.2) is 33.7 Å². The highest BCUT2D eigenvalue weighted by Crippen LogP contribution is 2.28. The Labute approximate surface area is 120 Å². The van der Waals surface area contributed by atoms with Gasteiger partial charge in [-0.25, -0.2) is 13.6 Å². The Morgan fingerprint density at radius 1 is 1.25 bits per heavy atom. The molecule has 6 nitrogen and oxygen atoms in total. The normalized spacial score (nSPS) is 11.6. The lowest BCUT2D eigenvalue weighted by atomic mass is 10.1. The van der Waals surface area contributed by atoms with Gasteiger partial charge in [0.1, 0.15) is 0 Å². The highest BCUT2D eigenvalue weighted by molar-refractivity contribution is 7.89. The average Bonchev–Trinajstić information content (AvgIpc) is 2.35. The molecule has 0 aliphatic heterocycles. The third-order valence-electron chi connectivity index (χ3n) is 3.22. The summed E-state index contributed by atoms with van der Waals surface area (Å²) in [6.45, 7) is 2.67. The number of aliphatic hydroxyl groups is 1. The number of anilines is 2. The minimum Gasteiger partial charge on any atom is -0.399 e. The standard InChI is InChI=1S/C13H23N3O3S/c1-10-12(16(2)6-4-3-5-7-17)8-11(14)9-13(10)20(15,18)19/h8-9,17H,3-7,14H2,1-2H3,(H2,15,18,19). The topological polar surface area (TPSA) is 110 Å². The van der Waals surface area contributed by atoms with E-state index in [4.69, 9.17) is 16.0 Å². The van der Waals surface area contributed by atoms with Crippen molar-refractivity contribution in [2.24, 2.45) is 5.14 Å². The molecule has 7 heteroatoms. The molecule has 1 aromatic rings. The van der Waals surface area contributed by atoms with Crippen LogP contribution < -0.4 is 15.8 Å². The number of nitrogens with zero attached hydrogens (tertiary/aromatic N) is 1. The molecule has 0 saturated heterocycles. The first-order valence-electron chi connectivity index (χ1n) is 6.52. The number of benzene rings is 1. The molecule has 0 heterocycles. The van der Waals surface area contributed by atoms with Crippen LogP contribution in [0.15, 0.2) is 17.0 Å². The molecular formula is C13H23N3O3S. The second-order valence-electron chi connectivity index (χ2n) is 4.91. The lowest BCUT2D eigenvalue weighted by Gasteiger charge is -2.23. The summed E-state index contributed by atoms with van der Waals surface area (Å²) in [7, 11) is -1.90. The Bertz CT molecular complexity index is 558. The summed E-state index contributed by atoms with van der Waals surface area (Å²) in [4.78, 5) is 2.02. The van der Waals surface area contributed by atoms with E-state index in [1.807, 2.05) is 11.9 Å². The van der Waals surface area contributed by atoms with E-state index >= 15 is 0 Å². The molecule has 0 aromatic heterocycles. The zero-order valence-corrected chi connectivity index (χ0v) is 12.8. The molecule has 114 valence electrons. The number of sulfonamides is 1. The first-order valence-corrected chi connectivity index (χ1v) is 8.07. The molecule has 0 bridgehead atoms. The third kappa shape index (κ3) is 4.36. The van der Waals surface area contributed by atoms with Crippen molar-refractivity contribution < 1.29 is 13.5 Å². The summed E-state index contributed by atoms with van der Waals surface area (Å²) in [5.74, 6) is 0. The van der Waals surface area contributed by atoms with E-state index in [9.17, 15) is 8.42 Å². The Balaban J connectivity index is 2.98. The molecule has 1 rings (SSSR count). The van der Waals surface area contributed by atoms with Gasteiger partial charge in [0.15, 0.2) is 0 Å². The van der Waals surface area contributed by atoms with E-state index in [0.29, 0.717) is 11.3 Å².